The Morgan fingerprint density at radius 3 is 2.39 bits per heavy atom. The second-order valence-electron chi connectivity index (χ2n) is 7.96. The van der Waals surface area contributed by atoms with Crippen molar-refractivity contribution < 1.29 is 28.9 Å². The van der Waals surface area contributed by atoms with Gasteiger partial charge in [0.05, 0.1) is 32.9 Å². The molecule has 1 amide bonds. The first kappa shape index (κ1) is 24.1. The zero-order valence-electron chi connectivity index (χ0n) is 19.6. The minimum Gasteiger partial charge on any atom is -0.507 e. The lowest BCUT2D eigenvalue weighted by atomic mass is 9.94. The van der Waals surface area contributed by atoms with Crippen LogP contribution in [0.3, 0.4) is 0 Å². The predicted octanol–water partition coefficient (Wildman–Crippen LogP) is 3.09. The van der Waals surface area contributed by atoms with Crippen LogP contribution >= 0.6 is 0 Å². The van der Waals surface area contributed by atoms with Gasteiger partial charge < -0.3 is 29.1 Å². The highest BCUT2D eigenvalue weighted by Crippen LogP contribution is 2.45. The van der Waals surface area contributed by atoms with Gasteiger partial charge in [-0.2, -0.15) is 0 Å². The van der Waals surface area contributed by atoms with E-state index in [2.05, 4.69) is 0 Å². The molecular formula is C25H30N2O6. The fourth-order valence-electron chi connectivity index (χ4n) is 4.04. The van der Waals surface area contributed by atoms with E-state index in [-0.39, 0.29) is 11.3 Å². The van der Waals surface area contributed by atoms with Gasteiger partial charge in [-0.05, 0) is 45.3 Å². The van der Waals surface area contributed by atoms with Gasteiger partial charge in [0, 0.05) is 17.7 Å². The summed E-state index contributed by atoms with van der Waals surface area (Å²) in [6, 6.07) is 11.2. The summed E-state index contributed by atoms with van der Waals surface area (Å²) in [4.78, 5) is 29.8. The standard InChI is InChI=1S/C25H30N2O6/c1-26(2)13-8-14-27-21(18-11-7-12-19(32-4)24(18)33-5)20(23(29)25(27)30)22(28)16-9-6-10-17(15-16)31-3/h6-7,9-12,15,21,28H,8,13-14H2,1-5H3/b22-20+. The van der Waals surface area contributed by atoms with Crippen molar-refractivity contribution in [3.63, 3.8) is 0 Å². The van der Waals surface area contributed by atoms with Crippen LogP contribution in [0.25, 0.3) is 5.76 Å². The Kier molecular flexibility index (Phi) is 7.60. The number of rotatable bonds is 9. The lowest BCUT2D eigenvalue weighted by molar-refractivity contribution is -0.140. The summed E-state index contributed by atoms with van der Waals surface area (Å²) < 4.78 is 16.3. The number of hydrogen-bond acceptors (Lipinski definition) is 7. The fraction of sp³-hybridized carbons (Fsp3) is 0.360. The lowest BCUT2D eigenvalue weighted by Crippen LogP contribution is -2.32. The summed E-state index contributed by atoms with van der Waals surface area (Å²) in [6.07, 6.45) is 0.655. The van der Waals surface area contributed by atoms with Gasteiger partial charge in [-0.3, -0.25) is 9.59 Å². The van der Waals surface area contributed by atoms with Crippen molar-refractivity contribution in [2.75, 3.05) is 48.5 Å². The van der Waals surface area contributed by atoms with Crippen molar-refractivity contribution in [1.82, 2.24) is 9.80 Å². The molecule has 1 N–H and O–H groups in total. The molecule has 1 aliphatic rings. The molecule has 0 bridgehead atoms. The number of Topliss-reactive ketones (excluding diaryl/α,β-unsaturated/α-hetero) is 1. The molecule has 1 fully saturated rings. The third-order valence-corrected chi connectivity index (χ3v) is 5.62. The van der Waals surface area contributed by atoms with Gasteiger partial charge in [0.2, 0.25) is 0 Å². The van der Waals surface area contributed by atoms with Gasteiger partial charge in [0.1, 0.15) is 11.5 Å². The summed E-state index contributed by atoms with van der Waals surface area (Å²) in [5.74, 6) is -0.272. The SMILES string of the molecule is COc1cccc(/C(O)=C2\C(=O)C(=O)N(CCCN(C)C)C2c2cccc(OC)c2OC)c1. The molecule has 1 aliphatic heterocycles. The van der Waals surface area contributed by atoms with E-state index in [9.17, 15) is 14.7 Å². The largest absolute Gasteiger partial charge is 0.507 e. The number of benzene rings is 2. The Labute approximate surface area is 194 Å². The van der Waals surface area contributed by atoms with Gasteiger partial charge in [-0.15, -0.1) is 0 Å². The normalized spacial score (nSPS) is 17.5. The van der Waals surface area contributed by atoms with E-state index in [1.807, 2.05) is 19.0 Å². The number of para-hydroxylation sites is 1. The first-order valence-corrected chi connectivity index (χ1v) is 10.6. The van der Waals surface area contributed by atoms with Crippen LogP contribution in [0.1, 0.15) is 23.6 Å². The summed E-state index contributed by atoms with van der Waals surface area (Å²) in [5.41, 5.74) is 0.947. The maximum atomic E-state index is 13.2. The van der Waals surface area contributed by atoms with Crippen LogP contribution in [-0.4, -0.2) is 75.1 Å². The van der Waals surface area contributed by atoms with E-state index in [4.69, 9.17) is 14.2 Å². The molecule has 1 heterocycles. The smallest absolute Gasteiger partial charge is 0.295 e. The van der Waals surface area contributed by atoms with Crippen molar-refractivity contribution in [2.45, 2.75) is 12.5 Å². The average molecular weight is 455 g/mol. The molecule has 2 aromatic carbocycles. The minimum absolute atomic E-state index is 0.00431. The number of aliphatic hydroxyl groups is 1. The fourth-order valence-corrected chi connectivity index (χ4v) is 4.04. The maximum Gasteiger partial charge on any atom is 0.295 e. The molecule has 8 nitrogen and oxygen atoms in total. The topological polar surface area (TPSA) is 88.5 Å². The number of carbonyl (C=O) groups excluding carboxylic acids is 2. The summed E-state index contributed by atoms with van der Waals surface area (Å²) >= 11 is 0. The molecule has 2 aromatic rings. The Morgan fingerprint density at radius 2 is 1.76 bits per heavy atom. The number of ether oxygens (including phenoxy) is 3. The molecule has 176 valence electrons. The minimum atomic E-state index is -0.830. The van der Waals surface area contributed by atoms with Crippen LogP contribution in [0.5, 0.6) is 17.2 Å². The van der Waals surface area contributed by atoms with E-state index < -0.39 is 17.7 Å². The third kappa shape index (κ3) is 4.80. The van der Waals surface area contributed by atoms with Gasteiger partial charge in [-0.1, -0.05) is 24.3 Å². The molecule has 1 saturated heterocycles. The zero-order valence-corrected chi connectivity index (χ0v) is 19.6. The molecule has 0 saturated carbocycles. The first-order valence-electron chi connectivity index (χ1n) is 10.6. The maximum absolute atomic E-state index is 13.2. The monoisotopic (exact) mass is 454 g/mol. The number of carbonyl (C=O) groups is 2. The zero-order chi connectivity index (χ0) is 24.1. The molecule has 1 unspecified atom stereocenters. The van der Waals surface area contributed by atoms with Crippen molar-refractivity contribution in [3.05, 3.63) is 59.2 Å². The number of nitrogens with zero attached hydrogens (tertiary/aromatic N) is 2. The van der Waals surface area contributed by atoms with Gasteiger partial charge in [-0.25, -0.2) is 0 Å². The molecule has 3 rings (SSSR count). The second kappa shape index (κ2) is 10.4. The van der Waals surface area contributed by atoms with E-state index in [1.165, 1.54) is 26.2 Å². The Bertz CT molecular complexity index is 1060. The number of ketones is 1. The highest BCUT2D eigenvalue weighted by atomic mass is 16.5. The van der Waals surface area contributed by atoms with Crippen LogP contribution < -0.4 is 14.2 Å². The summed E-state index contributed by atoms with van der Waals surface area (Å²) in [5, 5.41) is 11.2. The van der Waals surface area contributed by atoms with Crippen LogP contribution in [-0.2, 0) is 9.59 Å². The van der Waals surface area contributed by atoms with Crippen LogP contribution in [0, 0.1) is 0 Å². The van der Waals surface area contributed by atoms with Gasteiger partial charge in [0.25, 0.3) is 11.7 Å². The molecule has 8 heteroatoms. The van der Waals surface area contributed by atoms with Crippen molar-refractivity contribution in [1.29, 1.82) is 0 Å². The highest BCUT2D eigenvalue weighted by Gasteiger charge is 2.47. The first-order chi connectivity index (χ1) is 15.8. The number of aliphatic hydroxyl groups excluding tert-OH is 1. The van der Waals surface area contributed by atoms with E-state index >= 15 is 0 Å². The number of amides is 1. The molecule has 33 heavy (non-hydrogen) atoms. The molecular weight excluding hydrogens is 424 g/mol. The van der Waals surface area contributed by atoms with E-state index in [0.717, 1.165) is 6.54 Å². The molecule has 0 radical (unpaired) electrons. The Morgan fingerprint density at radius 1 is 1.03 bits per heavy atom. The molecule has 0 aliphatic carbocycles. The number of methoxy groups -OCH3 is 3. The van der Waals surface area contributed by atoms with Crippen molar-refractivity contribution in [2.24, 2.45) is 0 Å². The van der Waals surface area contributed by atoms with Gasteiger partial charge in [0.15, 0.2) is 11.5 Å². The summed E-state index contributed by atoms with van der Waals surface area (Å²) in [6.45, 7) is 1.07. The number of hydrogen-bond donors (Lipinski definition) is 1. The molecule has 0 spiro atoms. The highest BCUT2D eigenvalue weighted by molar-refractivity contribution is 6.46. The van der Waals surface area contributed by atoms with Crippen molar-refractivity contribution in [3.8, 4) is 17.2 Å². The molecule has 1 atom stereocenters. The van der Waals surface area contributed by atoms with Crippen LogP contribution in [0.4, 0.5) is 0 Å². The quantitative estimate of drug-likeness (QED) is 0.354. The van der Waals surface area contributed by atoms with E-state index in [0.29, 0.717) is 41.3 Å². The second-order valence-corrected chi connectivity index (χ2v) is 7.96. The third-order valence-electron chi connectivity index (χ3n) is 5.62. The van der Waals surface area contributed by atoms with Crippen molar-refractivity contribution >= 4 is 17.4 Å². The Balaban J connectivity index is 2.20. The number of likely N-dealkylation sites (tertiary alicyclic amines) is 1. The summed E-state index contributed by atoms with van der Waals surface area (Å²) in [7, 11) is 8.43. The molecule has 0 aromatic heterocycles. The van der Waals surface area contributed by atoms with E-state index in [1.54, 1.807) is 42.5 Å². The average Bonchev–Trinajstić information content (AvgIpc) is 3.07. The lowest BCUT2D eigenvalue weighted by Gasteiger charge is -2.27. The predicted molar refractivity (Wildman–Crippen MR) is 125 cm³/mol. The Hall–Kier alpha value is -3.52. The van der Waals surface area contributed by atoms with Crippen LogP contribution in [0.2, 0.25) is 0 Å². The van der Waals surface area contributed by atoms with Gasteiger partial charge >= 0.3 is 0 Å². The van der Waals surface area contributed by atoms with Crippen LogP contribution in [0.15, 0.2) is 48.0 Å².